The summed E-state index contributed by atoms with van der Waals surface area (Å²) in [5, 5.41) is 3.00. The number of amides is 1. The van der Waals surface area contributed by atoms with E-state index in [0.29, 0.717) is 37.3 Å². The van der Waals surface area contributed by atoms with Crippen LogP contribution in [0.1, 0.15) is 73.6 Å². The van der Waals surface area contributed by atoms with Gasteiger partial charge in [0.15, 0.2) is 0 Å². The van der Waals surface area contributed by atoms with Gasteiger partial charge in [0.1, 0.15) is 10.5 Å². The fourth-order valence-electron chi connectivity index (χ4n) is 4.80. The van der Waals surface area contributed by atoms with Gasteiger partial charge in [-0.2, -0.15) is 4.31 Å². The zero-order valence-corrected chi connectivity index (χ0v) is 21.1. The Labute approximate surface area is 197 Å². The van der Waals surface area contributed by atoms with Crippen LogP contribution in [-0.4, -0.2) is 55.4 Å². The van der Waals surface area contributed by atoms with E-state index in [9.17, 15) is 18.0 Å². The normalized spacial score (nSPS) is 19.8. The molecule has 184 valence electrons. The molecule has 1 aliphatic carbocycles. The van der Waals surface area contributed by atoms with Crippen molar-refractivity contribution in [2.45, 2.75) is 70.6 Å². The Morgan fingerprint density at radius 3 is 2.61 bits per heavy atom. The molecular weight excluding hydrogens is 442 g/mol. The lowest BCUT2D eigenvalue weighted by Crippen LogP contribution is -2.45. The van der Waals surface area contributed by atoms with Crippen LogP contribution in [0.3, 0.4) is 0 Å². The number of nitrogens with one attached hydrogen (secondary N) is 1. The molecular formula is C24H37N3O5S. The van der Waals surface area contributed by atoms with Crippen molar-refractivity contribution in [1.82, 2.24) is 14.2 Å². The van der Waals surface area contributed by atoms with Crippen molar-refractivity contribution < 1.29 is 22.7 Å². The molecule has 1 aromatic heterocycles. The van der Waals surface area contributed by atoms with E-state index in [-0.39, 0.29) is 29.5 Å². The molecule has 33 heavy (non-hydrogen) atoms. The number of esters is 1. The van der Waals surface area contributed by atoms with E-state index in [1.807, 2.05) is 0 Å². The molecule has 0 saturated carbocycles. The summed E-state index contributed by atoms with van der Waals surface area (Å²) in [6, 6.07) is 0. The van der Waals surface area contributed by atoms with Gasteiger partial charge in [-0.1, -0.05) is 11.6 Å². The molecule has 8 nitrogen and oxygen atoms in total. The Balaban J connectivity index is 1.74. The Morgan fingerprint density at radius 1 is 1.18 bits per heavy atom. The van der Waals surface area contributed by atoms with Crippen molar-refractivity contribution in [2.75, 3.05) is 26.2 Å². The quantitative estimate of drug-likeness (QED) is 0.456. The van der Waals surface area contributed by atoms with Crippen LogP contribution in [-0.2, 0) is 26.6 Å². The second-order valence-electron chi connectivity index (χ2n) is 9.01. The SMILES string of the molecule is CCOC(=O)c1c(S(=O)(=O)N2CCC[C@@H](C(=O)NCCC3=CCCCC3)C2)c(C)n(C)c1C. The zero-order valence-electron chi connectivity index (χ0n) is 20.3. The topological polar surface area (TPSA) is 97.7 Å². The van der Waals surface area contributed by atoms with Crippen LogP contribution in [0.4, 0.5) is 0 Å². The highest BCUT2D eigenvalue weighted by Crippen LogP contribution is 2.32. The van der Waals surface area contributed by atoms with Crippen molar-refractivity contribution in [3.8, 4) is 0 Å². The van der Waals surface area contributed by atoms with Gasteiger partial charge >= 0.3 is 5.97 Å². The minimum absolute atomic E-state index is 0.00811. The summed E-state index contributed by atoms with van der Waals surface area (Å²) in [7, 11) is -2.23. The molecule has 0 radical (unpaired) electrons. The highest BCUT2D eigenvalue weighted by molar-refractivity contribution is 7.89. The van der Waals surface area contributed by atoms with Crippen molar-refractivity contribution in [3.63, 3.8) is 0 Å². The van der Waals surface area contributed by atoms with Gasteiger partial charge in [-0.15, -0.1) is 0 Å². The maximum atomic E-state index is 13.7. The smallest absolute Gasteiger partial charge is 0.341 e. The third-order valence-electron chi connectivity index (χ3n) is 6.89. The van der Waals surface area contributed by atoms with Gasteiger partial charge in [0.2, 0.25) is 15.9 Å². The lowest BCUT2D eigenvalue weighted by Gasteiger charge is -2.31. The third-order valence-corrected chi connectivity index (χ3v) is 8.91. The largest absolute Gasteiger partial charge is 0.462 e. The average Bonchev–Trinajstić information content (AvgIpc) is 3.04. The first-order chi connectivity index (χ1) is 15.7. The number of carbonyl (C=O) groups excluding carboxylic acids is 2. The van der Waals surface area contributed by atoms with E-state index in [4.69, 9.17) is 4.74 Å². The van der Waals surface area contributed by atoms with Gasteiger partial charge in [-0.25, -0.2) is 13.2 Å². The number of nitrogens with zero attached hydrogens (tertiary/aromatic N) is 2. The molecule has 1 saturated heterocycles. The maximum absolute atomic E-state index is 13.7. The number of hydrogen-bond acceptors (Lipinski definition) is 5. The molecule has 0 bridgehead atoms. The molecule has 9 heteroatoms. The highest BCUT2D eigenvalue weighted by Gasteiger charge is 2.38. The molecule has 2 aliphatic rings. The molecule has 1 aromatic rings. The Hall–Kier alpha value is -2.13. The maximum Gasteiger partial charge on any atom is 0.341 e. The second kappa shape index (κ2) is 10.9. The second-order valence-corrected chi connectivity index (χ2v) is 10.9. The zero-order chi connectivity index (χ0) is 24.2. The Kier molecular flexibility index (Phi) is 8.39. The van der Waals surface area contributed by atoms with Crippen molar-refractivity contribution in [2.24, 2.45) is 13.0 Å². The summed E-state index contributed by atoms with van der Waals surface area (Å²) in [6.45, 7) is 6.28. The van der Waals surface area contributed by atoms with Gasteiger partial charge < -0.3 is 14.6 Å². The fourth-order valence-corrected chi connectivity index (χ4v) is 6.81. The van der Waals surface area contributed by atoms with Gasteiger partial charge in [0, 0.05) is 38.1 Å². The van der Waals surface area contributed by atoms with Crippen molar-refractivity contribution in [3.05, 3.63) is 28.6 Å². The van der Waals surface area contributed by atoms with Crippen LogP contribution in [0, 0.1) is 19.8 Å². The molecule has 1 aliphatic heterocycles. The molecule has 1 N–H and O–H groups in total. The first kappa shape index (κ1) is 25.5. The predicted molar refractivity (Wildman–Crippen MR) is 127 cm³/mol. The summed E-state index contributed by atoms with van der Waals surface area (Å²) in [4.78, 5) is 25.4. The molecule has 0 spiro atoms. The number of piperidine rings is 1. The Morgan fingerprint density at radius 2 is 1.94 bits per heavy atom. The molecule has 2 heterocycles. The number of aromatic nitrogens is 1. The fraction of sp³-hybridized carbons (Fsp3) is 0.667. The lowest BCUT2D eigenvalue weighted by atomic mass is 9.96. The molecule has 0 aromatic carbocycles. The van der Waals surface area contributed by atoms with Crippen molar-refractivity contribution >= 4 is 21.9 Å². The van der Waals surface area contributed by atoms with Crippen LogP contribution in [0.25, 0.3) is 0 Å². The Bertz CT molecular complexity index is 1030. The minimum atomic E-state index is -3.97. The summed E-state index contributed by atoms with van der Waals surface area (Å²) in [5.74, 6) is -1.14. The molecule has 1 fully saturated rings. The van der Waals surface area contributed by atoms with Gasteiger partial charge in [-0.05, 0) is 65.7 Å². The third kappa shape index (κ3) is 5.51. The number of hydrogen-bond donors (Lipinski definition) is 1. The van der Waals surface area contributed by atoms with Crippen LogP contribution in [0.15, 0.2) is 16.5 Å². The standard InChI is InChI=1S/C24H37N3O5S/c1-5-32-24(29)21-17(2)26(4)18(3)22(21)33(30,31)27-15-9-12-20(16-27)23(28)25-14-13-19-10-7-6-8-11-19/h10,20H,5-9,11-16H2,1-4H3,(H,25,28)/t20-/m1/s1. The number of rotatable bonds is 8. The average molecular weight is 480 g/mol. The summed E-state index contributed by atoms with van der Waals surface area (Å²) >= 11 is 0. The van der Waals surface area contributed by atoms with Crippen LogP contribution < -0.4 is 5.32 Å². The van der Waals surface area contributed by atoms with Crippen LogP contribution in [0.2, 0.25) is 0 Å². The molecule has 3 rings (SSSR count). The first-order valence-corrected chi connectivity index (χ1v) is 13.4. The number of ether oxygens (including phenoxy) is 1. The van der Waals surface area contributed by atoms with Gasteiger partial charge in [-0.3, -0.25) is 4.79 Å². The number of allylic oxidation sites excluding steroid dienone is 1. The van der Waals surface area contributed by atoms with Gasteiger partial charge in [0.05, 0.1) is 12.5 Å². The van der Waals surface area contributed by atoms with E-state index < -0.39 is 21.9 Å². The monoisotopic (exact) mass is 479 g/mol. The van der Waals surface area contributed by atoms with E-state index in [1.165, 1.54) is 22.7 Å². The van der Waals surface area contributed by atoms with E-state index >= 15 is 0 Å². The summed E-state index contributed by atoms with van der Waals surface area (Å²) in [6.07, 6.45) is 9.04. The first-order valence-electron chi connectivity index (χ1n) is 12.0. The van der Waals surface area contributed by atoms with Crippen molar-refractivity contribution in [1.29, 1.82) is 0 Å². The van der Waals surface area contributed by atoms with E-state index in [2.05, 4.69) is 11.4 Å². The summed E-state index contributed by atoms with van der Waals surface area (Å²) < 4.78 is 35.5. The number of sulfonamides is 1. The molecule has 0 unspecified atom stereocenters. The molecule has 1 amide bonds. The lowest BCUT2D eigenvalue weighted by molar-refractivity contribution is -0.126. The highest BCUT2D eigenvalue weighted by atomic mass is 32.2. The molecule has 1 atom stereocenters. The van der Waals surface area contributed by atoms with E-state index in [1.54, 1.807) is 32.4 Å². The number of carbonyl (C=O) groups is 2. The summed E-state index contributed by atoms with van der Waals surface area (Å²) in [5.41, 5.74) is 2.52. The minimum Gasteiger partial charge on any atom is -0.462 e. The van der Waals surface area contributed by atoms with E-state index in [0.717, 1.165) is 19.3 Å². The van der Waals surface area contributed by atoms with Gasteiger partial charge in [0.25, 0.3) is 0 Å². The predicted octanol–water partition coefficient (Wildman–Crippen LogP) is 3.23. The van der Waals surface area contributed by atoms with Crippen LogP contribution >= 0.6 is 0 Å². The van der Waals surface area contributed by atoms with Crippen LogP contribution in [0.5, 0.6) is 0 Å².